The lowest BCUT2D eigenvalue weighted by atomic mass is 10.2. The molecule has 0 fully saturated rings. The fourth-order valence-corrected chi connectivity index (χ4v) is 2.74. The minimum atomic E-state index is 0.253. The number of aromatic nitrogens is 1. The van der Waals surface area contributed by atoms with Gasteiger partial charge in [-0.2, -0.15) is 0 Å². The SMILES string of the molecule is COCCOc1ccc(NC(C)c2scnc2C)cc1. The van der Waals surface area contributed by atoms with Crippen LogP contribution < -0.4 is 10.1 Å². The molecule has 0 saturated carbocycles. The van der Waals surface area contributed by atoms with Crippen LogP contribution in [0, 0.1) is 6.92 Å². The highest BCUT2D eigenvalue weighted by molar-refractivity contribution is 7.09. The summed E-state index contributed by atoms with van der Waals surface area (Å²) in [6, 6.07) is 8.22. The largest absolute Gasteiger partial charge is 0.491 e. The first-order valence-corrected chi connectivity index (χ1v) is 7.47. The van der Waals surface area contributed by atoms with Crippen molar-refractivity contribution in [1.82, 2.24) is 4.98 Å². The van der Waals surface area contributed by atoms with Gasteiger partial charge in [0.05, 0.1) is 23.9 Å². The topological polar surface area (TPSA) is 43.4 Å². The van der Waals surface area contributed by atoms with Gasteiger partial charge in [-0.05, 0) is 38.1 Å². The second kappa shape index (κ2) is 7.26. The third-order valence-electron chi connectivity index (χ3n) is 2.97. The molecule has 2 aromatic rings. The van der Waals surface area contributed by atoms with Gasteiger partial charge >= 0.3 is 0 Å². The maximum Gasteiger partial charge on any atom is 0.119 e. The van der Waals surface area contributed by atoms with E-state index in [9.17, 15) is 0 Å². The molecular formula is C15H20N2O2S. The molecule has 0 bridgehead atoms. The molecule has 0 spiro atoms. The van der Waals surface area contributed by atoms with E-state index in [2.05, 4.69) is 17.2 Å². The Hall–Kier alpha value is -1.59. The van der Waals surface area contributed by atoms with Crippen molar-refractivity contribution in [2.45, 2.75) is 19.9 Å². The molecule has 0 aliphatic heterocycles. The van der Waals surface area contributed by atoms with Crippen LogP contribution in [0.2, 0.25) is 0 Å². The molecule has 20 heavy (non-hydrogen) atoms. The highest BCUT2D eigenvalue weighted by Crippen LogP contribution is 2.26. The number of ether oxygens (including phenoxy) is 2. The number of anilines is 1. The second-order valence-electron chi connectivity index (χ2n) is 4.53. The predicted octanol–water partition coefficient (Wildman–Crippen LogP) is 3.65. The zero-order valence-corrected chi connectivity index (χ0v) is 12.9. The van der Waals surface area contributed by atoms with Crippen molar-refractivity contribution in [3.8, 4) is 5.75 Å². The van der Waals surface area contributed by atoms with Crippen LogP contribution in [0.25, 0.3) is 0 Å². The van der Waals surface area contributed by atoms with E-state index in [1.165, 1.54) is 4.88 Å². The number of nitrogens with zero attached hydrogens (tertiary/aromatic N) is 1. The van der Waals surface area contributed by atoms with E-state index in [1.807, 2.05) is 36.7 Å². The molecule has 0 aliphatic rings. The highest BCUT2D eigenvalue weighted by Gasteiger charge is 2.10. The van der Waals surface area contributed by atoms with E-state index in [0.29, 0.717) is 13.2 Å². The third-order valence-corrected chi connectivity index (χ3v) is 4.08. The van der Waals surface area contributed by atoms with Crippen LogP contribution in [0.4, 0.5) is 5.69 Å². The van der Waals surface area contributed by atoms with Crippen LogP contribution in [-0.4, -0.2) is 25.3 Å². The van der Waals surface area contributed by atoms with Crippen LogP contribution in [-0.2, 0) is 4.74 Å². The van der Waals surface area contributed by atoms with Gasteiger partial charge in [0.1, 0.15) is 12.4 Å². The molecule has 4 nitrogen and oxygen atoms in total. The van der Waals surface area contributed by atoms with Crippen molar-refractivity contribution < 1.29 is 9.47 Å². The average Bonchev–Trinajstić information content (AvgIpc) is 2.87. The van der Waals surface area contributed by atoms with Crippen molar-refractivity contribution in [1.29, 1.82) is 0 Å². The number of rotatable bonds is 7. The number of aryl methyl sites for hydroxylation is 1. The molecule has 1 atom stereocenters. The number of nitrogens with one attached hydrogen (secondary N) is 1. The molecule has 0 radical (unpaired) electrons. The molecular weight excluding hydrogens is 272 g/mol. The molecule has 0 aliphatic carbocycles. The average molecular weight is 292 g/mol. The maximum atomic E-state index is 5.54. The van der Waals surface area contributed by atoms with Crippen molar-refractivity contribution in [2.24, 2.45) is 0 Å². The Kier molecular flexibility index (Phi) is 5.38. The molecule has 0 saturated heterocycles. The van der Waals surface area contributed by atoms with Gasteiger partial charge in [0.25, 0.3) is 0 Å². The first-order valence-electron chi connectivity index (χ1n) is 6.59. The van der Waals surface area contributed by atoms with Gasteiger partial charge < -0.3 is 14.8 Å². The van der Waals surface area contributed by atoms with Gasteiger partial charge in [0, 0.05) is 17.7 Å². The quantitative estimate of drug-likeness (QED) is 0.791. The molecule has 1 unspecified atom stereocenters. The molecule has 5 heteroatoms. The Morgan fingerprint density at radius 3 is 2.60 bits per heavy atom. The van der Waals surface area contributed by atoms with Crippen LogP contribution in [0.1, 0.15) is 23.5 Å². The van der Waals surface area contributed by atoms with Crippen LogP contribution >= 0.6 is 11.3 Å². The van der Waals surface area contributed by atoms with Crippen LogP contribution in [0.15, 0.2) is 29.8 Å². The van der Waals surface area contributed by atoms with E-state index in [-0.39, 0.29) is 6.04 Å². The molecule has 2 rings (SSSR count). The first-order chi connectivity index (χ1) is 9.70. The minimum absolute atomic E-state index is 0.253. The van der Waals surface area contributed by atoms with E-state index < -0.39 is 0 Å². The number of methoxy groups -OCH3 is 1. The summed E-state index contributed by atoms with van der Waals surface area (Å²) < 4.78 is 10.5. The predicted molar refractivity (Wildman–Crippen MR) is 82.7 cm³/mol. The Morgan fingerprint density at radius 2 is 2.00 bits per heavy atom. The molecule has 1 N–H and O–H groups in total. The van der Waals surface area contributed by atoms with Gasteiger partial charge in [-0.3, -0.25) is 0 Å². The van der Waals surface area contributed by atoms with E-state index in [1.54, 1.807) is 18.4 Å². The number of benzene rings is 1. The van der Waals surface area contributed by atoms with Crippen molar-refractivity contribution >= 4 is 17.0 Å². The van der Waals surface area contributed by atoms with Gasteiger partial charge in [0.2, 0.25) is 0 Å². The summed E-state index contributed by atoms with van der Waals surface area (Å²) in [6.07, 6.45) is 0. The summed E-state index contributed by atoms with van der Waals surface area (Å²) in [5, 5.41) is 3.47. The summed E-state index contributed by atoms with van der Waals surface area (Å²) >= 11 is 1.68. The summed E-state index contributed by atoms with van der Waals surface area (Å²) in [7, 11) is 1.67. The van der Waals surface area contributed by atoms with Crippen LogP contribution in [0.5, 0.6) is 5.75 Å². The van der Waals surface area contributed by atoms with E-state index in [0.717, 1.165) is 17.1 Å². The lowest BCUT2D eigenvalue weighted by molar-refractivity contribution is 0.146. The fraction of sp³-hybridized carbons (Fsp3) is 0.400. The third kappa shape index (κ3) is 3.95. The van der Waals surface area contributed by atoms with E-state index >= 15 is 0 Å². The molecule has 0 amide bonds. The molecule has 1 heterocycles. The number of hydrogen-bond donors (Lipinski definition) is 1. The van der Waals surface area contributed by atoms with Gasteiger partial charge in [-0.15, -0.1) is 11.3 Å². The van der Waals surface area contributed by atoms with Gasteiger partial charge in [0.15, 0.2) is 0 Å². The smallest absolute Gasteiger partial charge is 0.119 e. The van der Waals surface area contributed by atoms with Gasteiger partial charge in [-0.25, -0.2) is 4.98 Å². The Bertz CT molecular complexity index is 525. The van der Waals surface area contributed by atoms with Crippen molar-refractivity contribution in [3.63, 3.8) is 0 Å². The second-order valence-corrected chi connectivity index (χ2v) is 5.42. The van der Waals surface area contributed by atoms with Crippen molar-refractivity contribution in [3.05, 3.63) is 40.3 Å². The summed E-state index contributed by atoms with van der Waals surface area (Å²) in [5.41, 5.74) is 4.05. The standard InChI is InChI=1S/C15H20N2O2S/c1-11-15(20-10-16-11)12(2)17-13-4-6-14(7-5-13)19-9-8-18-3/h4-7,10,12,17H,8-9H2,1-3H3. The summed E-state index contributed by atoms with van der Waals surface area (Å²) in [6.45, 7) is 5.35. The zero-order chi connectivity index (χ0) is 14.4. The van der Waals surface area contributed by atoms with Crippen molar-refractivity contribution in [2.75, 3.05) is 25.6 Å². The lowest BCUT2D eigenvalue weighted by Gasteiger charge is -2.15. The maximum absolute atomic E-state index is 5.54. The normalized spacial score (nSPS) is 12.2. The Morgan fingerprint density at radius 1 is 1.25 bits per heavy atom. The fourth-order valence-electron chi connectivity index (χ4n) is 1.93. The lowest BCUT2D eigenvalue weighted by Crippen LogP contribution is -2.07. The monoisotopic (exact) mass is 292 g/mol. The molecule has 1 aromatic carbocycles. The number of thiazole rings is 1. The summed E-state index contributed by atoms with van der Waals surface area (Å²) in [5.74, 6) is 0.856. The van der Waals surface area contributed by atoms with Crippen LogP contribution in [0.3, 0.4) is 0 Å². The zero-order valence-electron chi connectivity index (χ0n) is 12.1. The highest BCUT2D eigenvalue weighted by atomic mass is 32.1. The number of hydrogen-bond acceptors (Lipinski definition) is 5. The summed E-state index contributed by atoms with van der Waals surface area (Å²) in [4.78, 5) is 5.55. The Labute approximate surface area is 123 Å². The van der Waals surface area contributed by atoms with E-state index in [4.69, 9.17) is 9.47 Å². The molecule has 1 aromatic heterocycles. The van der Waals surface area contributed by atoms with Gasteiger partial charge in [-0.1, -0.05) is 0 Å². The molecule has 108 valence electrons. The Balaban J connectivity index is 1.92. The minimum Gasteiger partial charge on any atom is -0.491 e. The first kappa shape index (κ1) is 14.8.